The van der Waals surface area contributed by atoms with Crippen molar-refractivity contribution in [3.8, 4) is 0 Å². The Bertz CT molecular complexity index is 729. The third-order valence-electron chi connectivity index (χ3n) is 3.22. The lowest BCUT2D eigenvalue weighted by atomic mass is 9.96. The summed E-state index contributed by atoms with van der Waals surface area (Å²) < 4.78 is 9.77. The van der Waals surface area contributed by atoms with Crippen molar-refractivity contribution in [2.75, 3.05) is 14.2 Å². The molecule has 4 nitrogen and oxygen atoms in total. The number of rotatable bonds is 4. The molecular formula is C17H16O4. The van der Waals surface area contributed by atoms with Crippen LogP contribution in [0.3, 0.4) is 0 Å². The van der Waals surface area contributed by atoms with Gasteiger partial charge in [-0.15, -0.1) is 0 Å². The summed E-state index contributed by atoms with van der Waals surface area (Å²) in [5.41, 5.74) is 1.58. The third-order valence-corrected chi connectivity index (χ3v) is 3.22. The van der Waals surface area contributed by atoms with Crippen LogP contribution in [0.15, 0.2) is 42.7 Å². The quantitative estimate of drug-likeness (QED) is 0.374. The molecule has 0 saturated heterocycles. The highest BCUT2D eigenvalue weighted by Crippen LogP contribution is 2.27. The maximum absolute atomic E-state index is 11.9. The molecule has 0 fully saturated rings. The van der Waals surface area contributed by atoms with Gasteiger partial charge < -0.3 is 9.47 Å². The Hall–Kier alpha value is -2.62. The number of fused-ring (bicyclic) bond motifs is 1. The number of carbonyl (C=O) groups excluding carboxylic acids is 2. The van der Waals surface area contributed by atoms with Gasteiger partial charge >= 0.3 is 5.97 Å². The molecule has 0 amide bonds. The van der Waals surface area contributed by atoms with E-state index in [0.717, 1.165) is 10.8 Å². The van der Waals surface area contributed by atoms with Gasteiger partial charge in [0.1, 0.15) is 5.57 Å². The van der Waals surface area contributed by atoms with Crippen LogP contribution in [0, 0.1) is 0 Å². The van der Waals surface area contributed by atoms with Crippen LogP contribution < -0.4 is 0 Å². The Morgan fingerprint density at radius 1 is 1.10 bits per heavy atom. The van der Waals surface area contributed by atoms with Crippen LogP contribution in [-0.2, 0) is 14.3 Å². The molecule has 0 aromatic heterocycles. The number of ketones is 1. The van der Waals surface area contributed by atoms with Gasteiger partial charge in [0.2, 0.25) is 0 Å². The van der Waals surface area contributed by atoms with Gasteiger partial charge in [0.05, 0.1) is 20.5 Å². The van der Waals surface area contributed by atoms with Gasteiger partial charge in [0, 0.05) is 5.56 Å². The number of esters is 1. The normalized spacial score (nSPS) is 11.3. The summed E-state index contributed by atoms with van der Waals surface area (Å²) in [6.07, 6.45) is 1.35. The maximum atomic E-state index is 11.9. The molecule has 0 spiro atoms. The number of hydrogen-bond donors (Lipinski definition) is 0. The number of benzene rings is 2. The average Bonchev–Trinajstić information content (AvgIpc) is 2.50. The lowest BCUT2D eigenvalue weighted by Crippen LogP contribution is -2.05. The van der Waals surface area contributed by atoms with Gasteiger partial charge in [-0.2, -0.15) is 0 Å². The number of methoxy groups -OCH3 is 2. The van der Waals surface area contributed by atoms with Crippen LogP contribution in [-0.4, -0.2) is 26.0 Å². The number of carbonyl (C=O) groups is 2. The van der Waals surface area contributed by atoms with Crippen molar-refractivity contribution in [1.29, 1.82) is 0 Å². The van der Waals surface area contributed by atoms with Crippen molar-refractivity contribution in [3.05, 3.63) is 53.8 Å². The first-order chi connectivity index (χ1) is 10.1. The predicted molar refractivity (Wildman–Crippen MR) is 81.0 cm³/mol. The van der Waals surface area contributed by atoms with Crippen molar-refractivity contribution in [1.82, 2.24) is 0 Å². The zero-order valence-electron chi connectivity index (χ0n) is 12.2. The summed E-state index contributed by atoms with van der Waals surface area (Å²) in [7, 11) is 2.78. The zero-order chi connectivity index (χ0) is 15.4. The second-order valence-electron chi connectivity index (χ2n) is 4.56. The van der Waals surface area contributed by atoms with Gasteiger partial charge in [-0.05, 0) is 29.3 Å². The fraction of sp³-hybridized carbons (Fsp3) is 0.176. The van der Waals surface area contributed by atoms with E-state index in [-0.39, 0.29) is 5.78 Å². The minimum atomic E-state index is -0.488. The van der Waals surface area contributed by atoms with Gasteiger partial charge in [-0.25, -0.2) is 4.79 Å². The molecule has 0 N–H and O–H groups in total. The van der Waals surface area contributed by atoms with Crippen LogP contribution in [0.4, 0.5) is 0 Å². The summed E-state index contributed by atoms with van der Waals surface area (Å²) in [5.74, 6) is -0.514. The van der Waals surface area contributed by atoms with Crippen molar-refractivity contribution in [3.63, 3.8) is 0 Å². The van der Waals surface area contributed by atoms with Gasteiger partial charge in [0.15, 0.2) is 5.78 Å². The molecular weight excluding hydrogens is 268 g/mol. The van der Waals surface area contributed by atoms with Crippen LogP contribution in [0.5, 0.6) is 0 Å². The van der Waals surface area contributed by atoms with Crippen molar-refractivity contribution < 1.29 is 19.1 Å². The SMILES string of the molecule is CO/C=C(/C(=O)OC)c1cccc2ccc(C(C)=O)cc12. The second-order valence-corrected chi connectivity index (χ2v) is 4.56. The molecule has 108 valence electrons. The fourth-order valence-electron chi connectivity index (χ4n) is 2.18. The topological polar surface area (TPSA) is 52.6 Å². The Morgan fingerprint density at radius 3 is 2.48 bits per heavy atom. The Kier molecular flexibility index (Phi) is 4.38. The van der Waals surface area contributed by atoms with Crippen LogP contribution >= 0.6 is 0 Å². The molecule has 2 rings (SSSR count). The summed E-state index contributed by atoms with van der Waals surface area (Å²) in [4.78, 5) is 23.5. The maximum Gasteiger partial charge on any atom is 0.341 e. The van der Waals surface area contributed by atoms with Gasteiger partial charge in [-0.3, -0.25) is 4.79 Å². The van der Waals surface area contributed by atoms with E-state index in [1.165, 1.54) is 27.4 Å². The predicted octanol–water partition coefficient (Wildman–Crippen LogP) is 3.20. The van der Waals surface area contributed by atoms with E-state index in [2.05, 4.69) is 0 Å². The summed E-state index contributed by atoms with van der Waals surface area (Å²) in [6, 6.07) is 11.0. The van der Waals surface area contributed by atoms with Crippen molar-refractivity contribution >= 4 is 28.1 Å². The highest BCUT2D eigenvalue weighted by molar-refractivity contribution is 6.20. The molecule has 0 aliphatic rings. The summed E-state index contributed by atoms with van der Waals surface area (Å²) >= 11 is 0. The molecule has 2 aromatic rings. The highest BCUT2D eigenvalue weighted by Gasteiger charge is 2.16. The lowest BCUT2D eigenvalue weighted by molar-refractivity contribution is -0.133. The molecule has 0 radical (unpaired) electrons. The number of Topliss-reactive ketones (excluding diaryl/α,β-unsaturated/α-hetero) is 1. The van der Waals surface area contributed by atoms with Crippen molar-refractivity contribution in [2.24, 2.45) is 0 Å². The Balaban J connectivity index is 2.72. The minimum absolute atomic E-state index is 0.0259. The summed E-state index contributed by atoms with van der Waals surface area (Å²) in [6.45, 7) is 1.51. The van der Waals surface area contributed by atoms with E-state index in [9.17, 15) is 9.59 Å². The number of hydrogen-bond acceptors (Lipinski definition) is 4. The molecule has 2 aromatic carbocycles. The van der Waals surface area contributed by atoms with Gasteiger partial charge in [-0.1, -0.05) is 30.3 Å². The van der Waals surface area contributed by atoms with E-state index in [0.29, 0.717) is 16.7 Å². The minimum Gasteiger partial charge on any atom is -0.503 e. The molecule has 21 heavy (non-hydrogen) atoms. The van der Waals surface area contributed by atoms with E-state index in [4.69, 9.17) is 9.47 Å². The molecule has 4 heteroatoms. The third kappa shape index (κ3) is 2.94. The van der Waals surface area contributed by atoms with E-state index in [1.807, 2.05) is 18.2 Å². The smallest absolute Gasteiger partial charge is 0.341 e. The highest BCUT2D eigenvalue weighted by atomic mass is 16.5. The Labute approximate surface area is 123 Å². The monoisotopic (exact) mass is 284 g/mol. The van der Waals surface area contributed by atoms with Crippen LogP contribution in [0.1, 0.15) is 22.8 Å². The molecule has 0 heterocycles. The standard InChI is InChI=1S/C17H16O4/c1-11(18)13-8-7-12-5-4-6-14(15(12)9-13)16(10-20-2)17(19)21-3/h4-10H,1-3H3/b16-10+. The number of ether oxygens (including phenoxy) is 2. The molecule has 0 saturated carbocycles. The van der Waals surface area contributed by atoms with Crippen LogP contribution in [0.25, 0.3) is 16.3 Å². The first-order valence-corrected chi connectivity index (χ1v) is 6.44. The molecule has 0 aliphatic heterocycles. The zero-order valence-corrected chi connectivity index (χ0v) is 12.2. The van der Waals surface area contributed by atoms with E-state index >= 15 is 0 Å². The largest absolute Gasteiger partial charge is 0.503 e. The Morgan fingerprint density at radius 2 is 1.86 bits per heavy atom. The average molecular weight is 284 g/mol. The van der Waals surface area contributed by atoms with Crippen molar-refractivity contribution in [2.45, 2.75) is 6.92 Å². The van der Waals surface area contributed by atoms with E-state index < -0.39 is 5.97 Å². The molecule has 0 atom stereocenters. The first-order valence-electron chi connectivity index (χ1n) is 6.44. The lowest BCUT2D eigenvalue weighted by Gasteiger charge is -2.10. The van der Waals surface area contributed by atoms with Crippen LogP contribution in [0.2, 0.25) is 0 Å². The van der Waals surface area contributed by atoms with Gasteiger partial charge in [0.25, 0.3) is 0 Å². The molecule has 0 unspecified atom stereocenters. The fourth-order valence-corrected chi connectivity index (χ4v) is 2.18. The summed E-state index contributed by atoms with van der Waals surface area (Å²) in [5, 5.41) is 1.74. The molecule has 0 bridgehead atoms. The first kappa shape index (κ1) is 14.8. The van der Waals surface area contributed by atoms with E-state index in [1.54, 1.807) is 18.2 Å². The second kappa shape index (κ2) is 6.22. The molecule has 0 aliphatic carbocycles.